The Morgan fingerprint density at radius 1 is 1.24 bits per heavy atom. The maximum Gasteiger partial charge on any atom is 0.253 e. The van der Waals surface area contributed by atoms with Crippen LogP contribution in [0, 0.1) is 5.82 Å². The second kappa shape index (κ2) is 6.45. The standard InChI is InChI=1S/C15H15ClFN3O/c1-2-19-15(21)11-5-4-10(18)8-13(11)20-14-7-9(16)3-6-12(14)17/h3-8,20H,2,18H2,1H3,(H,19,21). The molecule has 4 nitrogen and oxygen atoms in total. The van der Waals surface area contributed by atoms with E-state index >= 15 is 0 Å². The first-order valence-electron chi connectivity index (χ1n) is 6.41. The number of nitrogen functional groups attached to an aromatic ring is 1. The van der Waals surface area contributed by atoms with Crippen molar-refractivity contribution in [3.8, 4) is 0 Å². The molecular weight excluding hydrogens is 293 g/mol. The summed E-state index contributed by atoms with van der Waals surface area (Å²) in [5.74, 6) is -0.730. The van der Waals surface area contributed by atoms with Crippen LogP contribution >= 0.6 is 11.6 Å². The molecule has 2 rings (SSSR count). The SMILES string of the molecule is CCNC(=O)c1ccc(N)cc1Nc1cc(Cl)ccc1F. The van der Waals surface area contributed by atoms with E-state index in [0.717, 1.165) is 0 Å². The number of carbonyl (C=O) groups excluding carboxylic acids is 1. The molecule has 0 heterocycles. The molecule has 0 radical (unpaired) electrons. The molecule has 6 heteroatoms. The number of halogens is 2. The number of nitrogens with two attached hydrogens (primary N) is 1. The first-order chi connectivity index (χ1) is 10.0. The van der Waals surface area contributed by atoms with Crippen LogP contribution in [-0.2, 0) is 0 Å². The van der Waals surface area contributed by atoms with Gasteiger partial charge in [-0.05, 0) is 43.3 Å². The van der Waals surface area contributed by atoms with Crippen molar-refractivity contribution in [2.45, 2.75) is 6.92 Å². The first kappa shape index (κ1) is 15.1. The van der Waals surface area contributed by atoms with Gasteiger partial charge in [0.2, 0.25) is 0 Å². The molecule has 0 aromatic heterocycles. The fourth-order valence-electron chi connectivity index (χ4n) is 1.86. The smallest absolute Gasteiger partial charge is 0.253 e. The summed E-state index contributed by atoms with van der Waals surface area (Å²) in [7, 11) is 0. The Morgan fingerprint density at radius 2 is 2.00 bits per heavy atom. The van der Waals surface area contributed by atoms with Gasteiger partial charge in [-0.15, -0.1) is 0 Å². The highest BCUT2D eigenvalue weighted by atomic mass is 35.5. The predicted octanol–water partition coefficient (Wildman–Crippen LogP) is 3.55. The molecule has 21 heavy (non-hydrogen) atoms. The Morgan fingerprint density at radius 3 is 2.71 bits per heavy atom. The van der Waals surface area contributed by atoms with E-state index < -0.39 is 5.82 Å². The van der Waals surface area contributed by atoms with E-state index in [4.69, 9.17) is 17.3 Å². The highest BCUT2D eigenvalue weighted by Gasteiger charge is 2.13. The van der Waals surface area contributed by atoms with E-state index in [0.29, 0.717) is 28.5 Å². The van der Waals surface area contributed by atoms with Gasteiger partial charge >= 0.3 is 0 Å². The van der Waals surface area contributed by atoms with Gasteiger partial charge < -0.3 is 16.4 Å². The largest absolute Gasteiger partial charge is 0.399 e. The van der Waals surface area contributed by atoms with Crippen LogP contribution < -0.4 is 16.4 Å². The van der Waals surface area contributed by atoms with Crippen LogP contribution in [-0.4, -0.2) is 12.5 Å². The van der Waals surface area contributed by atoms with Gasteiger partial charge in [-0.25, -0.2) is 4.39 Å². The molecule has 0 atom stereocenters. The lowest BCUT2D eigenvalue weighted by molar-refractivity contribution is 0.0956. The Balaban J connectivity index is 2.40. The van der Waals surface area contributed by atoms with Crippen LogP contribution in [0.2, 0.25) is 5.02 Å². The molecule has 110 valence electrons. The van der Waals surface area contributed by atoms with Gasteiger partial charge in [-0.2, -0.15) is 0 Å². The average Bonchev–Trinajstić information content (AvgIpc) is 2.43. The van der Waals surface area contributed by atoms with Crippen molar-refractivity contribution >= 4 is 34.6 Å². The van der Waals surface area contributed by atoms with E-state index in [1.807, 2.05) is 6.92 Å². The van der Waals surface area contributed by atoms with Gasteiger partial charge in [0.15, 0.2) is 0 Å². The highest BCUT2D eigenvalue weighted by Crippen LogP contribution is 2.27. The summed E-state index contributed by atoms with van der Waals surface area (Å²) in [5.41, 5.74) is 7.18. The normalized spacial score (nSPS) is 10.2. The molecule has 1 amide bonds. The van der Waals surface area contributed by atoms with Crippen LogP contribution in [0.5, 0.6) is 0 Å². The lowest BCUT2D eigenvalue weighted by Crippen LogP contribution is -2.23. The minimum Gasteiger partial charge on any atom is -0.399 e. The van der Waals surface area contributed by atoms with Crippen LogP contribution in [0.15, 0.2) is 36.4 Å². The summed E-state index contributed by atoms with van der Waals surface area (Å²) >= 11 is 5.86. The zero-order valence-corrected chi connectivity index (χ0v) is 12.2. The summed E-state index contributed by atoms with van der Waals surface area (Å²) in [6.45, 7) is 2.31. The van der Waals surface area contributed by atoms with Crippen molar-refractivity contribution < 1.29 is 9.18 Å². The lowest BCUT2D eigenvalue weighted by Gasteiger charge is -2.13. The van der Waals surface area contributed by atoms with Crippen LogP contribution in [0.3, 0.4) is 0 Å². The molecule has 2 aromatic carbocycles. The summed E-state index contributed by atoms with van der Waals surface area (Å²) in [5, 5.41) is 5.95. The summed E-state index contributed by atoms with van der Waals surface area (Å²) in [6.07, 6.45) is 0. The molecule has 4 N–H and O–H groups in total. The van der Waals surface area contributed by atoms with Crippen LogP contribution in [0.1, 0.15) is 17.3 Å². The molecule has 0 unspecified atom stereocenters. The van der Waals surface area contributed by atoms with E-state index in [-0.39, 0.29) is 11.6 Å². The molecule has 0 aliphatic carbocycles. The maximum atomic E-state index is 13.8. The van der Waals surface area contributed by atoms with Gasteiger partial charge in [0, 0.05) is 17.3 Å². The average molecular weight is 308 g/mol. The van der Waals surface area contributed by atoms with Crippen molar-refractivity contribution in [2.75, 3.05) is 17.6 Å². The summed E-state index contributed by atoms with van der Waals surface area (Å²) in [6, 6.07) is 8.93. The highest BCUT2D eigenvalue weighted by molar-refractivity contribution is 6.30. The van der Waals surface area contributed by atoms with Gasteiger partial charge in [0.05, 0.1) is 16.9 Å². The van der Waals surface area contributed by atoms with Crippen molar-refractivity contribution in [3.63, 3.8) is 0 Å². The third kappa shape index (κ3) is 3.64. The third-order valence-corrected chi connectivity index (χ3v) is 3.06. The zero-order chi connectivity index (χ0) is 15.4. The van der Waals surface area contributed by atoms with E-state index in [1.165, 1.54) is 18.2 Å². The van der Waals surface area contributed by atoms with E-state index in [1.54, 1.807) is 18.2 Å². The molecule has 0 aliphatic heterocycles. The fourth-order valence-corrected chi connectivity index (χ4v) is 2.03. The zero-order valence-electron chi connectivity index (χ0n) is 11.4. The number of benzene rings is 2. The molecule has 0 spiro atoms. The maximum absolute atomic E-state index is 13.8. The molecule has 0 fully saturated rings. The lowest BCUT2D eigenvalue weighted by atomic mass is 10.1. The van der Waals surface area contributed by atoms with Crippen molar-refractivity contribution in [1.82, 2.24) is 5.32 Å². The minimum absolute atomic E-state index is 0.179. The number of anilines is 3. The Bertz CT molecular complexity index is 676. The van der Waals surface area contributed by atoms with E-state index in [9.17, 15) is 9.18 Å². The minimum atomic E-state index is -0.469. The molecular formula is C15H15ClFN3O. The number of hydrogen-bond acceptors (Lipinski definition) is 3. The monoisotopic (exact) mass is 307 g/mol. The number of carbonyl (C=O) groups is 1. The summed E-state index contributed by atoms with van der Waals surface area (Å²) < 4.78 is 13.8. The van der Waals surface area contributed by atoms with Gasteiger partial charge in [0.25, 0.3) is 5.91 Å². The van der Waals surface area contributed by atoms with Crippen molar-refractivity contribution in [1.29, 1.82) is 0 Å². The first-order valence-corrected chi connectivity index (χ1v) is 6.79. The van der Waals surface area contributed by atoms with Crippen molar-refractivity contribution in [3.05, 3.63) is 52.8 Å². The van der Waals surface area contributed by atoms with Gasteiger partial charge in [-0.1, -0.05) is 11.6 Å². The molecule has 0 saturated carbocycles. The number of amides is 1. The third-order valence-electron chi connectivity index (χ3n) is 2.82. The Kier molecular flexibility index (Phi) is 4.65. The second-order valence-corrected chi connectivity index (χ2v) is 4.85. The topological polar surface area (TPSA) is 67.2 Å². The van der Waals surface area contributed by atoms with Crippen molar-refractivity contribution in [2.24, 2.45) is 0 Å². The molecule has 0 saturated heterocycles. The molecule has 0 bridgehead atoms. The van der Waals surface area contributed by atoms with Crippen LogP contribution in [0.4, 0.5) is 21.5 Å². The predicted molar refractivity (Wildman–Crippen MR) is 83.6 cm³/mol. The number of nitrogens with one attached hydrogen (secondary N) is 2. The summed E-state index contributed by atoms with van der Waals surface area (Å²) in [4.78, 5) is 12.0. The fraction of sp³-hybridized carbons (Fsp3) is 0.133. The van der Waals surface area contributed by atoms with E-state index in [2.05, 4.69) is 10.6 Å². The van der Waals surface area contributed by atoms with Gasteiger partial charge in [-0.3, -0.25) is 4.79 Å². The quantitative estimate of drug-likeness (QED) is 0.757. The van der Waals surface area contributed by atoms with Crippen LogP contribution in [0.25, 0.3) is 0 Å². The van der Waals surface area contributed by atoms with Gasteiger partial charge in [0.1, 0.15) is 5.82 Å². The molecule has 0 aliphatic rings. The number of hydrogen-bond donors (Lipinski definition) is 3. The number of rotatable bonds is 4. The molecule has 2 aromatic rings. The Labute approximate surface area is 127 Å². The Hall–Kier alpha value is -2.27. The second-order valence-electron chi connectivity index (χ2n) is 4.41.